The standard InChI is InChI=1S/C24H21BrClN3O8S/c25-16-11-19(23(27-22(16)26)28-38(32,33)20-8-2-1-6-17(20)29(30)31)37-13-14-12-36-18-7-3-5-15(21(14)18)24-34-9-4-10-35-24/h1-3,5-8,11,14,24H,4,9-10,12-13H2,(H,27,28)/t14-/m1/s1. The SMILES string of the molecule is O=[N+]([O-])c1ccccc1S(=O)(=O)Nc1nc(Cl)c(Br)cc1OC[C@H]1COc2cccc(C3OCCCO3)c21. The average Bonchev–Trinajstić information content (AvgIpc) is 3.33. The predicted molar refractivity (Wildman–Crippen MR) is 140 cm³/mol. The first-order chi connectivity index (χ1) is 18.2. The van der Waals surface area contributed by atoms with Crippen LogP contribution >= 0.6 is 27.5 Å². The summed E-state index contributed by atoms with van der Waals surface area (Å²) in [7, 11) is -4.41. The lowest BCUT2D eigenvalue weighted by Crippen LogP contribution is -2.21. The quantitative estimate of drug-likeness (QED) is 0.203. The van der Waals surface area contributed by atoms with Crippen molar-refractivity contribution in [3.05, 3.63) is 79.4 Å². The normalized spacial score (nSPS) is 17.5. The van der Waals surface area contributed by atoms with Crippen molar-refractivity contribution in [3.8, 4) is 11.5 Å². The van der Waals surface area contributed by atoms with Crippen molar-refractivity contribution in [1.82, 2.24) is 4.98 Å². The Morgan fingerprint density at radius 2 is 1.95 bits per heavy atom. The van der Waals surface area contributed by atoms with Crippen LogP contribution in [0.4, 0.5) is 11.5 Å². The molecule has 3 heterocycles. The lowest BCUT2D eigenvalue weighted by molar-refractivity contribution is -0.387. The number of halogens is 2. The van der Waals surface area contributed by atoms with Crippen LogP contribution in [0.25, 0.3) is 0 Å². The van der Waals surface area contributed by atoms with Gasteiger partial charge in [0.1, 0.15) is 10.9 Å². The van der Waals surface area contributed by atoms with Gasteiger partial charge in [0.15, 0.2) is 22.8 Å². The molecule has 1 N–H and O–H groups in total. The summed E-state index contributed by atoms with van der Waals surface area (Å²) >= 11 is 9.42. The fraction of sp³-hybridized carbons (Fsp3) is 0.292. The minimum Gasteiger partial charge on any atom is -0.493 e. The highest BCUT2D eigenvalue weighted by molar-refractivity contribution is 9.10. The number of hydrogen-bond acceptors (Lipinski definition) is 9. The number of fused-ring (bicyclic) bond motifs is 1. The average molecular weight is 627 g/mol. The van der Waals surface area contributed by atoms with Gasteiger partial charge in [-0.05, 0) is 34.5 Å². The summed E-state index contributed by atoms with van der Waals surface area (Å²) in [5.41, 5.74) is 1.16. The van der Waals surface area contributed by atoms with Gasteiger partial charge in [-0.15, -0.1) is 0 Å². The smallest absolute Gasteiger partial charge is 0.289 e. The van der Waals surface area contributed by atoms with Crippen LogP contribution in [0, 0.1) is 10.1 Å². The van der Waals surface area contributed by atoms with Gasteiger partial charge in [0.2, 0.25) is 0 Å². The van der Waals surface area contributed by atoms with E-state index in [-0.39, 0.29) is 29.2 Å². The molecule has 3 aromatic rings. The number of pyridine rings is 1. The number of para-hydroxylation sites is 1. The van der Waals surface area contributed by atoms with E-state index in [1.165, 1.54) is 18.2 Å². The number of ether oxygens (including phenoxy) is 4. The summed E-state index contributed by atoms with van der Waals surface area (Å²) in [4.78, 5) is 14.2. The summed E-state index contributed by atoms with van der Waals surface area (Å²) in [6.45, 7) is 1.61. The first-order valence-corrected chi connectivity index (χ1v) is 14.1. The van der Waals surface area contributed by atoms with Crippen molar-refractivity contribution in [1.29, 1.82) is 0 Å². The van der Waals surface area contributed by atoms with Gasteiger partial charge in [-0.1, -0.05) is 35.9 Å². The summed E-state index contributed by atoms with van der Waals surface area (Å²) in [5.74, 6) is 0.327. The minimum absolute atomic E-state index is 0.0268. The van der Waals surface area contributed by atoms with Crippen molar-refractivity contribution in [2.75, 3.05) is 31.1 Å². The minimum atomic E-state index is -4.41. The van der Waals surface area contributed by atoms with E-state index in [0.717, 1.165) is 29.7 Å². The summed E-state index contributed by atoms with van der Waals surface area (Å²) in [6.07, 6.45) is 0.302. The molecule has 0 unspecified atom stereocenters. The highest BCUT2D eigenvalue weighted by Gasteiger charge is 2.33. The molecule has 2 aliphatic rings. The van der Waals surface area contributed by atoms with Gasteiger partial charge >= 0.3 is 0 Å². The van der Waals surface area contributed by atoms with Gasteiger partial charge in [0.05, 0.1) is 41.7 Å². The molecule has 1 saturated heterocycles. The third kappa shape index (κ3) is 5.43. The van der Waals surface area contributed by atoms with Gasteiger partial charge in [-0.25, -0.2) is 13.4 Å². The molecule has 200 valence electrons. The van der Waals surface area contributed by atoms with E-state index in [1.807, 2.05) is 18.2 Å². The third-order valence-electron chi connectivity index (χ3n) is 5.95. The number of anilines is 1. The molecule has 0 aliphatic carbocycles. The Morgan fingerprint density at radius 1 is 1.18 bits per heavy atom. The Hall–Kier alpha value is -2.97. The molecule has 5 rings (SSSR count). The first kappa shape index (κ1) is 26.6. The molecule has 1 atom stereocenters. The second-order valence-electron chi connectivity index (χ2n) is 8.44. The van der Waals surface area contributed by atoms with Crippen molar-refractivity contribution in [2.24, 2.45) is 0 Å². The van der Waals surface area contributed by atoms with Crippen LogP contribution < -0.4 is 14.2 Å². The van der Waals surface area contributed by atoms with E-state index in [1.54, 1.807) is 0 Å². The molecule has 14 heteroatoms. The van der Waals surface area contributed by atoms with Crippen LogP contribution in [0.5, 0.6) is 11.5 Å². The number of benzene rings is 2. The second kappa shape index (κ2) is 11.0. The molecular formula is C24H21BrClN3O8S. The van der Waals surface area contributed by atoms with Gasteiger partial charge in [-0.2, -0.15) is 0 Å². The predicted octanol–water partition coefficient (Wildman–Crippen LogP) is 5.20. The number of sulfonamides is 1. The Kier molecular flexibility index (Phi) is 7.73. The molecule has 0 saturated carbocycles. The highest BCUT2D eigenvalue weighted by Crippen LogP contribution is 2.42. The Morgan fingerprint density at radius 3 is 2.71 bits per heavy atom. The zero-order valence-electron chi connectivity index (χ0n) is 19.6. The lowest BCUT2D eigenvalue weighted by atomic mass is 9.95. The maximum atomic E-state index is 13.1. The largest absolute Gasteiger partial charge is 0.493 e. The molecule has 2 aliphatic heterocycles. The number of hydrogen-bond donors (Lipinski definition) is 1. The fourth-order valence-electron chi connectivity index (χ4n) is 4.24. The number of nitrogens with zero attached hydrogens (tertiary/aromatic N) is 2. The summed E-state index contributed by atoms with van der Waals surface area (Å²) in [6, 6.07) is 12.1. The van der Waals surface area contributed by atoms with Crippen LogP contribution in [0.3, 0.4) is 0 Å². The van der Waals surface area contributed by atoms with E-state index < -0.39 is 31.8 Å². The van der Waals surface area contributed by atoms with E-state index >= 15 is 0 Å². The van der Waals surface area contributed by atoms with Crippen molar-refractivity contribution < 1.29 is 32.3 Å². The summed E-state index contributed by atoms with van der Waals surface area (Å²) in [5, 5.41) is 11.4. The van der Waals surface area contributed by atoms with Crippen molar-refractivity contribution >= 4 is 49.1 Å². The van der Waals surface area contributed by atoms with Gasteiger partial charge in [-0.3, -0.25) is 14.8 Å². The molecule has 1 aromatic heterocycles. The van der Waals surface area contributed by atoms with E-state index in [0.29, 0.717) is 30.0 Å². The van der Waals surface area contributed by atoms with Crippen LogP contribution in [0.2, 0.25) is 5.15 Å². The maximum Gasteiger partial charge on any atom is 0.289 e. The molecule has 0 bridgehead atoms. The van der Waals surface area contributed by atoms with E-state index in [9.17, 15) is 18.5 Å². The van der Waals surface area contributed by atoms with Crippen LogP contribution in [0.15, 0.2) is 57.9 Å². The number of nitro groups is 1. The summed E-state index contributed by atoms with van der Waals surface area (Å²) < 4.78 is 52.4. The second-order valence-corrected chi connectivity index (χ2v) is 11.3. The van der Waals surface area contributed by atoms with Gasteiger partial charge < -0.3 is 18.9 Å². The van der Waals surface area contributed by atoms with Crippen LogP contribution in [-0.2, 0) is 19.5 Å². The zero-order chi connectivity index (χ0) is 26.9. The fourth-order valence-corrected chi connectivity index (χ4v) is 5.86. The molecule has 2 aromatic carbocycles. The number of nitro benzene ring substituents is 1. The molecule has 0 amide bonds. The van der Waals surface area contributed by atoms with Crippen LogP contribution in [-0.4, -0.2) is 44.8 Å². The topological polar surface area (TPSA) is 139 Å². The Bertz CT molecular complexity index is 1480. The van der Waals surface area contributed by atoms with Crippen molar-refractivity contribution in [2.45, 2.75) is 23.5 Å². The van der Waals surface area contributed by atoms with Crippen LogP contribution in [0.1, 0.15) is 29.8 Å². The van der Waals surface area contributed by atoms with E-state index in [4.69, 9.17) is 30.5 Å². The molecule has 1 fully saturated rings. The monoisotopic (exact) mass is 625 g/mol. The molecular weight excluding hydrogens is 606 g/mol. The highest BCUT2D eigenvalue weighted by atomic mass is 79.9. The molecule has 11 nitrogen and oxygen atoms in total. The molecule has 0 radical (unpaired) electrons. The van der Waals surface area contributed by atoms with Gasteiger partial charge in [0, 0.05) is 23.3 Å². The zero-order valence-corrected chi connectivity index (χ0v) is 22.8. The maximum absolute atomic E-state index is 13.1. The first-order valence-electron chi connectivity index (χ1n) is 11.5. The van der Waals surface area contributed by atoms with Crippen molar-refractivity contribution in [3.63, 3.8) is 0 Å². The van der Waals surface area contributed by atoms with Gasteiger partial charge in [0.25, 0.3) is 15.7 Å². The number of nitrogens with one attached hydrogen (secondary N) is 1. The number of aromatic nitrogens is 1. The molecule has 0 spiro atoms. The third-order valence-corrected chi connectivity index (χ3v) is 8.46. The molecule has 38 heavy (non-hydrogen) atoms. The van der Waals surface area contributed by atoms with E-state index in [2.05, 4.69) is 25.6 Å². The Balaban J connectivity index is 1.42. The lowest BCUT2D eigenvalue weighted by Gasteiger charge is -2.26. The number of rotatable bonds is 8. The Labute approximate surface area is 231 Å².